The van der Waals surface area contributed by atoms with Gasteiger partial charge in [-0.05, 0) is 36.3 Å². The fourth-order valence-corrected chi connectivity index (χ4v) is 8.98. The van der Waals surface area contributed by atoms with Crippen LogP contribution in [-0.4, -0.2) is 29.7 Å². The van der Waals surface area contributed by atoms with E-state index in [1.807, 2.05) is 33.9 Å². The summed E-state index contributed by atoms with van der Waals surface area (Å²) in [7, 11) is -8.80. The normalized spacial score (nSPS) is 17.1. The monoisotopic (exact) mass is 484 g/mol. The third-order valence-corrected chi connectivity index (χ3v) is 14.0. The lowest BCUT2D eigenvalue weighted by atomic mass is 10.2. The van der Waals surface area contributed by atoms with Crippen LogP contribution in [0.25, 0.3) is 0 Å². The molecule has 0 aliphatic rings. The number of rotatable bonds is 5. The molecule has 0 fully saturated rings. The van der Waals surface area contributed by atoms with Gasteiger partial charge < -0.3 is 4.74 Å². The van der Waals surface area contributed by atoms with Gasteiger partial charge >= 0.3 is 5.97 Å². The fraction of sp³-hybridized carbons (Fsp3) is 0.500. The van der Waals surface area contributed by atoms with Crippen molar-refractivity contribution in [1.82, 2.24) is 4.13 Å². The van der Waals surface area contributed by atoms with Crippen molar-refractivity contribution in [2.75, 3.05) is 7.11 Å². The molecule has 0 radical (unpaired) electrons. The van der Waals surface area contributed by atoms with E-state index in [9.17, 15) is 13.2 Å². The van der Waals surface area contributed by atoms with Crippen LogP contribution < -0.4 is 9.27 Å². The number of esters is 1. The highest BCUT2D eigenvalue weighted by atomic mass is 79.9. The average molecular weight is 486 g/mol. The lowest BCUT2D eigenvalue weighted by Crippen LogP contribution is -2.43. The van der Waals surface area contributed by atoms with Gasteiger partial charge in [-0.1, -0.05) is 36.7 Å². The molecule has 1 aromatic carbocycles. The molecule has 1 rings (SSSR count). The second kappa shape index (κ2) is 7.68. The Labute approximate surface area is 165 Å². The minimum Gasteiger partial charge on any atom is -0.465 e. The highest BCUT2D eigenvalue weighted by molar-refractivity contribution is 9.10. The number of benzene rings is 1. The summed E-state index contributed by atoms with van der Waals surface area (Å²) >= 11 is 3.21. The zero-order valence-electron chi connectivity index (χ0n) is 15.6. The summed E-state index contributed by atoms with van der Waals surface area (Å²) in [5.41, 5.74) is -0.0780. The minimum absolute atomic E-state index is 0.0780. The molecule has 0 aromatic heterocycles. The number of nitrogens with one attached hydrogen (secondary N) is 2. The molecular weight excluding hydrogens is 460 g/mol. The average Bonchev–Trinajstić information content (AvgIpc) is 2.42. The van der Waals surface area contributed by atoms with Crippen LogP contribution >= 0.6 is 15.9 Å². The van der Waals surface area contributed by atoms with E-state index in [4.69, 9.17) is 9.92 Å². The molecule has 0 amide bonds. The number of nitrogens with zero attached hydrogens (tertiary/aromatic N) is 1. The number of hydrogen-bond acceptors (Lipinski definition) is 6. The Morgan fingerprint density at radius 1 is 1.35 bits per heavy atom. The Bertz CT molecular complexity index is 933. The van der Waals surface area contributed by atoms with E-state index < -0.39 is 34.2 Å². The molecule has 2 unspecified atom stereocenters. The van der Waals surface area contributed by atoms with Crippen LogP contribution in [0.2, 0.25) is 18.1 Å². The number of hydrogen-bond donors (Lipinski definition) is 3. The first-order valence-corrected chi connectivity index (χ1v) is 14.4. The molecule has 0 aliphatic heterocycles. The van der Waals surface area contributed by atoms with Crippen molar-refractivity contribution < 1.29 is 17.9 Å². The summed E-state index contributed by atoms with van der Waals surface area (Å²) in [4.78, 5) is 11.7. The molecule has 148 valence electrons. The second-order valence-electron chi connectivity index (χ2n) is 7.24. The van der Waals surface area contributed by atoms with Gasteiger partial charge in [0.15, 0.2) is 18.3 Å². The second-order valence-corrected chi connectivity index (χ2v) is 16.9. The third kappa shape index (κ3) is 5.60. The number of ether oxygens (including phenoxy) is 1. The van der Waals surface area contributed by atoms with E-state index in [0.29, 0.717) is 4.47 Å². The summed E-state index contributed by atoms with van der Waals surface area (Å²) in [6.45, 7) is 9.64. The minimum atomic E-state index is -3.90. The van der Waals surface area contributed by atoms with Crippen molar-refractivity contribution in [1.29, 1.82) is 4.78 Å². The zero-order chi connectivity index (χ0) is 20.6. The smallest absolute Gasteiger partial charge is 0.339 e. The van der Waals surface area contributed by atoms with Gasteiger partial charge in [-0.15, -0.1) is 4.13 Å². The molecule has 0 spiro atoms. The third-order valence-electron chi connectivity index (χ3n) is 4.09. The van der Waals surface area contributed by atoms with Gasteiger partial charge in [-0.25, -0.2) is 23.1 Å². The first-order chi connectivity index (χ1) is 11.5. The van der Waals surface area contributed by atoms with E-state index in [0.717, 1.165) is 0 Å². The Morgan fingerprint density at radius 2 is 1.88 bits per heavy atom. The highest BCUT2D eigenvalue weighted by Gasteiger charge is 2.37. The van der Waals surface area contributed by atoms with E-state index in [1.165, 1.54) is 19.2 Å². The summed E-state index contributed by atoms with van der Waals surface area (Å²) in [5.74, 6) is -0.765. The van der Waals surface area contributed by atoms with Crippen molar-refractivity contribution >= 4 is 50.2 Å². The Kier molecular flexibility index (Phi) is 6.86. The largest absolute Gasteiger partial charge is 0.465 e. The maximum Gasteiger partial charge on any atom is 0.339 e. The van der Waals surface area contributed by atoms with Crippen molar-refractivity contribution in [2.24, 2.45) is 9.17 Å². The molecule has 8 nitrogen and oxygen atoms in total. The van der Waals surface area contributed by atoms with Gasteiger partial charge in [0.05, 0.1) is 17.6 Å². The maximum absolute atomic E-state index is 13.0. The molecule has 0 saturated carbocycles. The molecule has 1 aromatic rings. The van der Waals surface area contributed by atoms with Crippen LogP contribution in [0.5, 0.6) is 0 Å². The first kappa shape index (κ1) is 23.2. The van der Waals surface area contributed by atoms with Crippen molar-refractivity contribution in [3.8, 4) is 0 Å². The zero-order valence-corrected chi connectivity index (χ0v) is 19.8. The van der Waals surface area contributed by atoms with Crippen LogP contribution in [0.15, 0.2) is 31.6 Å². The molecule has 0 bridgehead atoms. The fourth-order valence-electron chi connectivity index (χ4n) is 1.72. The summed E-state index contributed by atoms with van der Waals surface area (Å²) in [6.07, 6.45) is 0. The molecule has 26 heavy (non-hydrogen) atoms. The van der Waals surface area contributed by atoms with Gasteiger partial charge in [0.2, 0.25) is 0 Å². The highest BCUT2D eigenvalue weighted by Crippen LogP contribution is 2.37. The summed E-state index contributed by atoms with van der Waals surface area (Å²) in [5, 5.41) is 5.53. The number of carbonyl (C=O) groups excluding carboxylic acids is 1. The van der Waals surface area contributed by atoms with E-state index in [1.54, 1.807) is 6.07 Å². The van der Waals surface area contributed by atoms with E-state index >= 15 is 0 Å². The molecule has 0 aliphatic carbocycles. The topological polar surface area (TPSA) is 135 Å². The van der Waals surface area contributed by atoms with Crippen LogP contribution in [-0.2, 0) is 24.8 Å². The Hall–Kier alpha value is -0.793. The molecular formula is C14H25BrN4O4S2Si. The van der Waals surface area contributed by atoms with Crippen LogP contribution in [0.3, 0.4) is 0 Å². The predicted octanol–water partition coefficient (Wildman–Crippen LogP) is 3.41. The van der Waals surface area contributed by atoms with Crippen molar-refractivity contribution in [3.63, 3.8) is 0 Å². The molecule has 0 heterocycles. The van der Waals surface area contributed by atoms with Crippen molar-refractivity contribution in [3.05, 3.63) is 28.2 Å². The number of halogens is 1. The van der Waals surface area contributed by atoms with Gasteiger partial charge in [-0.3, -0.25) is 4.03 Å². The summed E-state index contributed by atoms with van der Waals surface area (Å²) < 4.78 is 45.5. The van der Waals surface area contributed by atoms with Crippen molar-refractivity contribution in [2.45, 2.75) is 43.8 Å². The standard InChI is InChI=1S/C14H25BrN4O4S2Si/c1-14(2,3)26(5,6)19-25(17,22)18-24(16,21)12-9-10(15)7-8-11(12)13(20)23-4/h7-9H,1-6H3,(H4,16,17,18,19,21,22). The SMILES string of the molecule is COC(=O)c1ccc(Br)cc1S(=N)(=O)NS(N)(=O)=N[Si](C)(C)C(C)(C)C. The maximum atomic E-state index is 13.0. The Balaban J connectivity index is 3.48. The molecule has 4 N–H and O–H groups in total. The van der Waals surface area contributed by atoms with E-state index in [-0.39, 0.29) is 15.5 Å². The predicted molar refractivity (Wildman–Crippen MR) is 110 cm³/mol. The molecule has 0 saturated heterocycles. The molecule has 12 heteroatoms. The number of methoxy groups -OCH3 is 1. The van der Waals surface area contributed by atoms with Gasteiger partial charge in [0.1, 0.15) is 9.92 Å². The Morgan fingerprint density at radius 3 is 2.35 bits per heavy atom. The molecule has 2 atom stereocenters. The van der Waals surface area contributed by atoms with Gasteiger partial charge in [0.25, 0.3) is 0 Å². The lowest BCUT2D eigenvalue weighted by Gasteiger charge is -2.32. The van der Waals surface area contributed by atoms with Crippen LogP contribution in [0, 0.1) is 4.78 Å². The number of nitrogens with two attached hydrogens (primary N) is 1. The lowest BCUT2D eigenvalue weighted by molar-refractivity contribution is 0.0596. The van der Waals surface area contributed by atoms with Crippen LogP contribution in [0.4, 0.5) is 0 Å². The van der Waals surface area contributed by atoms with Gasteiger partial charge in [0, 0.05) is 4.47 Å². The van der Waals surface area contributed by atoms with Gasteiger partial charge in [-0.2, -0.15) is 0 Å². The number of carbonyl (C=O) groups is 1. The summed E-state index contributed by atoms with van der Waals surface area (Å²) in [6, 6.07) is 4.24. The quantitative estimate of drug-likeness (QED) is 0.435. The first-order valence-electron chi connectivity index (χ1n) is 7.54. The van der Waals surface area contributed by atoms with E-state index in [2.05, 4.69) is 28.8 Å². The van der Waals surface area contributed by atoms with Crippen LogP contribution in [0.1, 0.15) is 31.1 Å².